The fourth-order valence-electron chi connectivity index (χ4n) is 3.16. The maximum Gasteiger partial charge on any atom is 0.244 e. The standard InChI is InChI=1S/C21H24Cl3N3O4S/c1-4-19(21(29)25-2)26(12-14-8-9-16(23)11-18(14)24)20(28)13-27(32(3,30)31)17-7-5-6-15(22)10-17/h5-11,19H,4,12-13H2,1-3H3,(H,25,29). The lowest BCUT2D eigenvalue weighted by atomic mass is 10.1. The van der Waals surface area contributed by atoms with Crippen LogP contribution in [0.3, 0.4) is 0 Å². The summed E-state index contributed by atoms with van der Waals surface area (Å²) in [4.78, 5) is 27.2. The normalized spacial score (nSPS) is 12.2. The first kappa shape index (κ1) is 26.3. The van der Waals surface area contributed by atoms with Crippen LogP contribution in [0.1, 0.15) is 18.9 Å². The third kappa shape index (κ3) is 6.75. The molecule has 32 heavy (non-hydrogen) atoms. The van der Waals surface area contributed by atoms with E-state index in [1.54, 1.807) is 31.2 Å². The monoisotopic (exact) mass is 519 g/mol. The quantitative estimate of drug-likeness (QED) is 0.542. The van der Waals surface area contributed by atoms with Crippen LogP contribution in [0.4, 0.5) is 5.69 Å². The molecule has 0 aliphatic heterocycles. The van der Waals surface area contributed by atoms with E-state index in [2.05, 4.69) is 5.32 Å². The van der Waals surface area contributed by atoms with Crippen LogP contribution in [0.2, 0.25) is 15.1 Å². The summed E-state index contributed by atoms with van der Waals surface area (Å²) in [6.45, 7) is 1.24. The summed E-state index contributed by atoms with van der Waals surface area (Å²) in [5.41, 5.74) is 0.811. The number of nitrogens with zero attached hydrogens (tertiary/aromatic N) is 2. The molecule has 0 bridgehead atoms. The van der Waals surface area contributed by atoms with E-state index in [9.17, 15) is 18.0 Å². The number of sulfonamides is 1. The molecule has 0 radical (unpaired) electrons. The van der Waals surface area contributed by atoms with E-state index in [0.717, 1.165) is 10.6 Å². The fourth-order valence-corrected chi connectivity index (χ4v) is 4.66. The van der Waals surface area contributed by atoms with Crippen LogP contribution in [-0.4, -0.2) is 51.0 Å². The smallest absolute Gasteiger partial charge is 0.244 e. The molecular weight excluding hydrogens is 497 g/mol. The lowest BCUT2D eigenvalue weighted by molar-refractivity contribution is -0.140. The molecule has 0 fully saturated rings. The molecule has 7 nitrogen and oxygen atoms in total. The Morgan fingerprint density at radius 2 is 1.72 bits per heavy atom. The minimum absolute atomic E-state index is 0.00604. The predicted octanol–water partition coefficient (Wildman–Crippen LogP) is 3.97. The van der Waals surface area contributed by atoms with Crippen molar-refractivity contribution in [2.45, 2.75) is 25.9 Å². The maximum atomic E-state index is 13.4. The molecule has 0 aromatic heterocycles. The second kappa shape index (κ2) is 11.2. The second-order valence-electron chi connectivity index (χ2n) is 7.05. The number of hydrogen-bond donors (Lipinski definition) is 1. The number of hydrogen-bond acceptors (Lipinski definition) is 4. The third-order valence-electron chi connectivity index (χ3n) is 4.76. The molecular formula is C21H24Cl3N3O4S. The number of benzene rings is 2. The van der Waals surface area contributed by atoms with E-state index >= 15 is 0 Å². The molecule has 0 saturated carbocycles. The van der Waals surface area contributed by atoms with Crippen molar-refractivity contribution in [1.29, 1.82) is 0 Å². The number of anilines is 1. The van der Waals surface area contributed by atoms with Crippen molar-refractivity contribution in [3.8, 4) is 0 Å². The average molecular weight is 521 g/mol. The number of amides is 2. The maximum absolute atomic E-state index is 13.4. The first-order valence-electron chi connectivity index (χ1n) is 9.66. The summed E-state index contributed by atoms with van der Waals surface area (Å²) in [5.74, 6) is -0.948. The molecule has 0 aliphatic rings. The van der Waals surface area contributed by atoms with Gasteiger partial charge in [0.25, 0.3) is 0 Å². The van der Waals surface area contributed by atoms with Crippen LogP contribution >= 0.6 is 34.8 Å². The highest BCUT2D eigenvalue weighted by Gasteiger charge is 2.31. The second-order valence-corrected chi connectivity index (χ2v) is 10.2. The summed E-state index contributed by atoms with van der Waals surface area (Å²) in [6.07, 6.45) is 1.31. The molecule has 2 aromatic carbocycles. The molecule has 174 valence electrons. The van der Waals surface area contributed by atoms with Crippen LogP contribution in [-0.2, 0) is 26.2 Å². The zero-order valence-electron chi connectivity index (χ0n) is 17.8. The molecule has 1 unspecified atom stereocenters. The first-order chi connectivity index (χ1) is 15.0. The number of carbonyl (C=O) groups excluding carboxylic acids is 2. The van der Waals surface area contributed by atoms with E-state index in [1.807, 2.05) is 0 Å². The van der Waals surface area contributed by atoms with Gasteiger partial charge in [-0.15, -0.1) is 0 Å². The van der Waals surface area contributed by atoms with Crippen molar-refractivity contribution in [2.24, 2.45) is 0 Å². The van der Waals surface area contributed by atoms with Crippen molar-refractivity contribution in [3.63, 3.8) is 0 Å². The van der Waals surface area contributed by atoms with Crippen LogP contribution in [0, 0.1) is 0 Å². The zero-order chi connectivity index (χ0) is 24.1. The SMILES string of the molecule is CCC(C(=O)NC)N(Cc1ccc(Cl)cc1Cl)C(=O)CN(c1cccc(Cl)c1)S(C)(=O)=O. The molecule has 0 spiro atoms. The average Bonchev–Trinajstić information content (AvgIpc) is 2.72. The van der Waals surface area contributed by atoms with Gasteiger partial charge in [0.1, 0.15) is 12.6 Å². The third-order valence-corrected chi connectivity index (χ3v) is 6.73. The summed E-state index contributed by atoms with van der Waals surface area (Å²) in [6, 6.07) is 10.2. The van der Waals surface area contributed by atoms with Gasteiger partial charge in [0.05, 0.1) is 11.9 Å². The molecule has 1 N–H and O–H groups in total. The minimum atomic E-state index is -3.83. The number of halogens is 3. The van der Waals surface area contributed by atoms with Gasteiger partial charge in [0.15, 0.2) is 0 Å². The number of carbonyl (C=O) groups is 2. The Labute approximate surface area is 203 Å². The van der Waals surface area contributed by atoms with Gasteiger partial charge in [-0.3, -0.25) is 13.9 Å². The molecule has 2 aromatic rings. The van der Waals surface area contributed by atoms with Crippen molar-refractivity contribution >= 4 is 62.3 Å². The van der Waals surface area contributed by atoms with Gasteiger partial charge >= 0.3 is 0 Å². The van der Waals surface area contributed by atoms with Crippen LogP contribution < -0.4 is 9.62 Å². The first-order valence-corrected chi connectivity index (χ1v) is 12.6. The Morgan fingerprint density at radius 1 is 1.06 bits per heavy atom. The topological polar surface area (TPSA) is 86.8 Å². The minimum Gasteiger partial charge on any atom is -0.357 e. The predicted molar refractivity (Wildman–Crippen MR) is 129 cm³/mol. The van der Waals surface area contributed by atoms with E-state index in [-0.39, 0.29) is 18.1 Å². The summed E-state index contributed by atoms with van der Waals surface area (Å²) in [5, 5.41) is 3.63. The number of likely N-dealkylation sites (N-methyl/N-ethyl adjacent to an activating group) is 1. The van der Waals surface area contributed by atoms with Crippen molar-refractivity contribution in [3.05, 3.63) is 63.1 Å². The van der Waals surface area contributed by atoms with Gasteiger partial charge in [-0.2, -0.15) is 0 Å². The summed E-state index contributed by atoms with van der Waals surface area (Å²) >= 11 is 18.3. The van der Waals surface area contributed by atoms with Crippen LogP contribution in [0.5, 0.6) is 0 Å². The fraction of sp³-hybridized carbons (Fsp3) is 0.333. The highest BCUT2D eigenvalue weighted by atomic mass is 35.5. The molecule has 2 rings (SSSR count). The van der Waals surface area contributed by atoms with Gasteiger partial charge in [-0.05, 0) is 42.3 Å². The highest BCUT2D eigenvalue weighted by Crippen LogP contribution is 2.25. The Hall–Kier alpha value is -2.00. The molecule has 0 heterocycles. The molecule has 0 aliphatic carbocycles. The number of rotatable bonds is 9. The molecule has 1 atom stereocenters. The van der Waals surface area contributed by atoms with Gasteiger partial charge in [-0.25, -0.2) is 8.42 Å². The lowest BCUT2D eigenvalue weighted by Gasteiger charge is -2.32. The van der Waals surface area contributed by atoms with Gasteiger partial charge in [0.2, 0.25) is 21.8 Å². The summed E-state index contributed by atoms with van der Waals surface area (Å²) < 4.78 is 25.9. The van der Waals surface area contributed by atoms with Gasteiger partial charge < -0.3 is 10.2 Å². The Kier molecular flexibility index (Phi) is 9.21. The highest BCUT2D eigenvalue weighted by molar-refractivity contribution is 7.92. The van der Waals surface area contributed by atoms with Gasteiger partial charge in [0, 0.05) is 28.7 Å². The van der Waals surface area contributed by atoms with Gasteiger partial charge in [-0.1, -0.05) is 53.9 Å². The van der Waals surface area contributed by atoms with E-state index in [0.29, 0.717) is 27.1 Å². The van der Waals surface area contributed by atoms with E-state index in [4.69, 9.17) is 34.8 Å². The van der Waals surface area contributed by atoms with Crippen molar-refractivity contribution in [1.82, 2.24) is 10.2 Å². The van der Waals surface area contributed by atoms with E-state index < -0.39 is 28.5 Å². The Balaban J connectivity index is 2.46. The lowest BCUT2D eigenvalue weighted by Crippen LogP contribution is -2.51. The van der Waals surface area contributed by atoms with Crippen LogP contribution in [0.15, 0.2) is 42.5 Å². The van der Waals surface area contributed by atoms with Crippen LogP contribution in [0.25, 0.3) is 0 Å². The molecule has 11 heteroatoms. The largest absolute Gasteiger partial charge is 0.357 e. The molecule has 0 saturated heterocycles. The Morgan fingerprint density at radius 3 is 2.25 bits per heavy atom. The molecule has 2 amide bonds. The van der Waals surface area contributed by atoms with Crippen molar-refractivity contribution < 1.29 is 18.0 Å². The Bertz CT molecular complexity index is 1100. The zero-order valence-corrected chi connectivity index (χ0v) is 20.9. The number of nitrogens with one attached hydrogen (secondary N) is 1. The summed E-state index contributed by atoms with van der Waals surface area (Å²) in [7, 11) is -2.36. The van der Waals surface area contributed by atoms with E-state index in [1.165, 1.54) is 30.1 Å². The van der Waals surface area contributed by atoms with Crippen molar-refractivity contribution in [2.75, 3.05) is 24.2 Å².